The smallest absolute Gasteiger partial charge is 0.319 e. The van der Waals surface area contributed by atoms with Crippen molar-refractivity contribution in [2.45, 2.75) is 37.3 Å². The van der Waals surface area contributed by atoms with E-state index < -0.39 is 40.8 Å². The number of aromatic nitrogens is 1. The fourth-order valence-electron chi connectivity index (χ4n) is 4.90. The summed E-state index contributed by atoms with van der Waals surface area (Å²) in [5.41, 5.74) is 0.447. The van der Waals surface area contributed by atoms with Gasteiger partial charge in [-0.25, -0.2) is 22.9 Å². The standard InChI is InChI=1S/C25H19F3N4O4/c1-25-19(22(25)32-24(34)30-15-5-4-14(26)20(27)21(15)28)13-10-11(2-6-17(13)36-25)35-16-8-9-29-23-12(16)3-7-18(33)31-23/h2,4-6,8-10,19,22H,3,7H2,1H3,(H,29,31,33)(H2,30,32,34)/t19-,22-,25?/m0/s1. The maximum Gasteiger partial charge on any atom is 0.319 e. The van der Waals surface area contributed by atoms with Crippen molar-refractivity contribution in [1.82, 2.24) is 10.3 Å². The number of ether oxygens (including phenoxy) is 2. The first-order chi connectivity index (χ1) is 17.2. The lowest BCUT2D eigenvalue weighted by Crippen LogP contribution is -2.37. The van der Waals surface area contributed by atoms with Crippen molar-refractivity contribution >= 4 is 23.4 Å². The first-order valence-electron chi connectivity index (χ1n) is 11.2. The van der Waals surface area contributed by atoms with Crippen LogP contribution in [0.5, 0.6) is 17.2 Å². The van der Waals surface area contributed by atoms with Gasteiger partial charge in [-0.3, -0.25) is 4.79 Å². The molecule has 1 aliphatic carbocycles. The second kappa shape index (κ2) is 7.87. The number of pyridine rings is 1. The zero-order valence-electron chi connectivity index (χ0n) is 18.8. The van der Waals surface area contributed by atoms with E-state index in [9.17, 15) is 22.8 Å². The van der Waals surface area contributed by atoms with Crippen LogP contribution >= 0.6 is 0 Å². The number of rotatable bonds is 4. The maximum atomic E-state index is 13.9. The van der Waals surface area contributed by atoms with Gasteiger partial charge in [-0.2, -0.15) is 0 Å². The molecule has 3 atom stereocenters. The molecule has 3 amide bonds. The predicted octanol–water partition coefficient (Wildman–Crippen LogP) is 4.61. The molecule has 2 aromatic carbocycles. The van der Waals surface area contributed by atoms with Crippen LogP contribution in [0.2, 0.25) is 0 Å². The topological polar surface area (TPSA) is 102 Å². The summed E-state index contributed by atoms with van der Waals surface area (Å²) in [7, 11) is 0. The molecular weight excluding hydrogens is 477 g/mol. The molecule has 3 N–H and O–H groups in total. The number of hydrogen-bond acceptors (Lipinski definition) is 5. The van der Waals surface area contributed by atoms with E-state index >= 15 is 0 Å². The lowest BCUT2D eigenvalue weighted by Gasteiger charge is -2.19. The zero-order chi connectivity index (χ0) is 25.2. The Morgan fingerprint density at radius 1 is 1.17 bits per heavy atom. The number of carbonyl (C=O) groups is 2. The van der Waals surface area contributed by atoms with Gasteiger partial charge in [-0.1, -0.05) is 0 Å². The van der Waals surface area contributed by atoms with Crippen molar-refractivity contribution in [2.75, 3.05) is 10.6 Å². The second-order valence-corrected chi connectivity index (χ2v) is 9.05. The van der Waals surface area contributed by atoms with Crippen molar-refractivity contribution in [3.8, 4) is 17.2 Å². The van der Waals surface area contributed by atoms with Crippen LogP contribution in [0.4, 0.5) is 29.5 Å². The molecule has 0 radical (unpaired) electrons. The van der Waals surface area contributed by atoms with Gasteiger partial charge in [0.25, 0.3) is 0 Å². The van der Waals surface area contributed by atoms with Gasteiger partial charge in [-0.15, -0.1) is 0 Å². The Balaban J connectivity index is 1.18. The number of halogens is 3. The number of fused-ring (bicyclic) bond motifs is 4. The number of amides is 3. The third kappa shape index (κ3) is 3.50. The second-order valence-electron chi connectivity index (χ2n) is 9.05. The molecule has 8 nitrogen and oxygen atoms in total. The van der Waals surface area contributed by atoms with Gasteiger partial charge in [0.1, 0.15) is 28.7 Å². The van der Waals surface area contributed by atoms with Crippen LogP contribution in [-0.4, -0.2) is 28.6 Å². The Morgan fingerprint density at radius 2 is 2.00 bits per heavy atom. The predicted molar refractivity (Wildman–Crippen MR) is 122 cm³/mol. The molecule has 3 aromatic rings. The van der Waals surface area contributed by atoms with E-state index in [4.69, 9.17) is 9.47 Å². The average Bonchev–Trinajstić information content (AvgIpc) is 3.27. The van der Waals surface area contributed by atoms with Gasteiger partial charge in [0.05, 0.1) is 17.6 Å². The molecule has 1 unspecified atom stereocenters. The minimum atomic E-state index is -1.66. The van der Waals surface area contributed by atoms with Gasteiger partial charge in [0, 0.05) is 23.7 Å². The van der Waals surface area contributed by atoms with E-state index in [0.29, 0.717) is 35.9 Å². The van der Waals surface area contributed by atoms with Crippen LogP contribution < -0.4 is 25.4 Å². The Kier molecular flexibility index (Phi) is 4.85. The Morgan fingerprint density at radius 3 is 2.83 bits per heavy atom. The summed E-state index contributed by atoms with van der Waals surface area (Å²) < 4.78 is 52.7. The molecule has 11 heteroatoms. The van der Waals surface area contributed by atoms with Gasteiger partial charge < -0.3 is 25.4 Å². The van der Waals surface area contributed by atoms with E-state index in [1.165, 1.54) is 0 Å². The molecule has 3 aliphatic rings. The van der Waals surface area contributed by atoms with Crippen molar-refractivity contribution in [3.63, 3.8) is 0 Å². The minimum absolute atomic E-state index is 0.0928. The molecule has 2 aliphatic heterocycles. The number of nitrogens with one attached hydrogen (secondary N) is 3. The zero-order valence-corrected chi connectivity index (χ0v) is 18.8. The van der Waals surface area contributed by atoms with Crippen molar-refractivity contribution < 1.29 is 32.2 Å². The van der Waals surface area contributed by atoms with Crippen LogP contribution in [0.15, 0.2) is 42.6 Å². The summed E-state index contributed by atoms with van der Waals surface area (Å²) in [6, 6.07) is 7.58. The van der Waals surface area contributed by atoms with Crippen LogP contribution in [0, 0.1) is 17.5 Å². The normalized spacial score (nSPS) is 22.9. The third-order valence-electron chi connectivity index (χ3n) is 6.78. The average molecular weight is 496 g/mol. The summed E-state index contributed by atoms with van der Waals surface area (Å²) in [6.07, 6.45) is 2.42. The van der Waals surface area contributed by atoms with E-state index in [1.807, 2.05) is 13.0 Å². The lowest BCUT2D eigenvalue weighted by atomic mass is 10.1. The fourth-order valence-corrected chi connectivity index (χ4v) is 4.90. The molecule has 6 rings (SSSR count). The maximum absolute atomic E-state index is 13.9. The fraction of sp³-hybridized carbons (Fsp3) is 0.240. The minimum Gasteiger partial charge on any atom is -0.484 e. The molecule has 36 heavy (non-hydrogen) atoms. The van der Waals surface area contributed by atoms with Crippen LogP contribution in [0.3, 0.4) is 0 Å². The quantitative estimate of drug-likeness (QED) is 0.458. The Hall–Kier alpha value is -4.28. The lowest BCUT2D eigenvalue weighted by molar-refractivity contribution is -0.116. The highest BCUT2D eigenvalue weighted by molar-refractivity contribution is 5.93. The molecule has 3 heterocycles. The SMILES string of the molecule is CC12Oc3ccc(Oc4ccnc5c4CCC(=O)N5)cc3[C@H]1[C@@H]2NC(=O)Nc1ccc(F)c(F)c1F. The van der Waals surface area contributed by atoms with Crippen molar-refractivity contribution in [1.29, 1.82) is 0 Å². The van der Waals surface area contributed by atoms with Crippen LogP contribution in [0.1, 0.15) is 30.4 Å². The highest BCUT2D eigenvalue weighted by Gasteiger charge is 2.70. The molecule has 0 saturated heterocycles. The Labute approximate surface area is 202 Å². The highest BCUT2D eigenvalue weighted by Crippen LogP contribution is 2.62. The van der Waals surface area contributed by atoms with Crippen LogP contribution in [-0.2, 0) is 11.2 Å². The van der Waals surface area contributed by atoms with Gasteiger partial charge in [0.2, 0.25) is 5.91 Å². The monoisotopic (exact) mass is 496 g/mol. The number of urea groups is 1. The molecule has 0 spiro atoms. The summed E-state index contributed by atoms with van der Waals surface area (Å²) >= 11 is 0. The summed E-state index contributed by atoms with van der Waals surface area (Å²) in [6.45, 7) is 1.84. The van der Waals surface area contributed by atoms with E-state index in [-0.39, 0.29) is 11.8 Å². The van der Waals surface area contributed by atoms with E-state index in [0.717, 1.165) is 23.3 Å². The van der Waals surface area contributed by atoms with Gasteiger partial charge >= 0.3 is 6.03 Å². The van der Waals surface area contributed by atoms with E-state index in [2.05, 4.69) is 20.9 Å². The highest BCUT2D eigenvalue weighted by atomic mass is 19.2. The first-order valence-corrected chi connectivity index (χ1v) is 11.2. The number of nitrogens with zero attached hydrogens (tertiary/aromatic N) is 1. The molecule has 1 saturated carbocycles. The third-order valence-corrected chi connectivity index (χ3v) is 6.78. The summed E-state index contributed by atoms with van der Waals surface area (Å²) in [5.74, 6) is -2.50. The largest absolute Gasteiger partial charge is 0.484 e. The van der Waals surface area contributed by atoms with Gasteiger partial charge in [0.15, 0.2) is 17.5 Å². The number of hydrogen-bond donors (Lipinski definition) is 3. The summed E-state index contributed by atoms with van der Waals surface area (Å²) in [4.78, 5) is 28.3. The molecule has 1 aromatic heterocycles. The number of carbonyl (C=O) groups excluding carboxylic acids is 2. The molecule has 0 bridgehead atoms. The van der Waals surface area contributed by atoms with E-state index in [1.54, 1.807) is 24.4 Å². The Bertz CT molecular complexity index is 1450. The first kappa shape index (κ1) is 22.2. The van der Waals surface area contributed by atoms with Gasteiger partial charge in [-0.05, 0) is 49.7 Å². The molecular formula is C25H19F3N4O4. The van der Waals surface area contributed by atoms with Crippen molar-refractivity contribution in [2.24, 2.45) is 0 Å². The van der Waals surface area contributed by atoms with Crippen LogP contribution in [0.25, 0.3) is 0 Å². The molecule has 1 fully saturated rings. The molecule has 184 valence electrons. The number of anilines is 2. The number of benzene rings is 2. The summed E-state index contributed by atoms with van der Waals surface area (Å²) in [5, 5.41) is 7.66. The van der Waals surface area contributed by atoms with Crippen molar-refractivity contribution in [3.05, 3.63) is 71.2 Å².